The molecule has 1 aliphatic heterocycles. The van der Waals surface area contributed by atoms with E-state index in [1.165, 1.54) is 12.1 Å². The summed E-state index contributed by atoms with van der Waals surface area (Å²) in [6.45, 7) is 2.38. The molecule has 0 bridgehead atoms. The number of alkyl halides is 2. The largest absolute Gasteiger partial charge is 0.382 e. The molecule has 0 saturated carbocycles. The number of primary amides is 1. The molecule has 11 heteroatoms. The summed E-state index contributed by atoms with van der Waals surface area (Å²) in [7, 11) is -3.28. The standard InChI is InChI=1S/C28H33F2N5O3S/c1-28(29,30)19-35-22(5-4-14-32-20-8-10-23(11-9-20)39(2,37)38)17-24-25(6-3-7-26(24)35)33-21-12-15-34(16-13-21)18-27(31)36/h3,6-11,17,21,32-33H,12-16,18-19H2,1-2H3,(H2,31,36). The van der Waals surface area contributed by atoms with E-state index < -0.39 is 22.3 Å². The van der Waals surface area contributed by atoms with Crippen LogP contribution >= 0.6 is 0 Å². The van der Waals surface area contributed by atoms with Gasteiger partial charge in [-0.1, -0.05) is 12.0 Å². The van der Waals surface area contributed by atoms with Gasteiger partial charge in [-0.3, -0.25) is 9.69 Å². The summed E-state index contributed by atoms with van der Waals surface area (Å²) in [4.78, 5) is 13.5. The Morgan fingerprint density at radius 1 is 1.15 bits per heavy atom. The van der Waals surface area contributed by atoms with Crippen LogP contribution < -0.4 is 16.4 Å². The minimum atomic E-state index is -3.28. The molecule has 1 aromatic heterocycles. The van der Waals surface area contributed by atoms with Crippen molar-refractivity contribution in [2.45, 2.75) is 43.2 Å². The third-order valence-corrected chi connectivity index (χ3v) is 7.72. The third-order valence-electron chi connectivity index (χ3n) is 6.59. The highest BCUT2D eigenvalue weighted by atomic mass is 32.2. The Balaban J connectivity index is 1.52. The number of sulfone groups is 1. The van der Waals surface area contributed by atoms with Crippen molar-refractivity contribution in [2.24, 2.45) is 5.73 Å². The number of nitrogens with one attached hydrogen (secondary N) is 2. The molecule has 0 aliphatic carbocycles. The maximum atomic E-state index is 14.1. The number of likely N-dealkylation sites (tertiary alicyclic amines) is 1. The topological polar surface area (TPSA) is 109 Å². The minimum absolute atomic E-state index is 0.184. The third kappa shape index (κ3) is 7.71. The maximum Gasteiger partial charge on any atom is 0.262 e. The zero-order valence-corrected chi connectivity index (χ0v) is 22.8. The highest BCUT2D eigenvalue weighted by Gasteiger charge is 2.25. The molecule has 8 nitrogen and oxygen atoms in total. The van der Waals surface area contributed by atoms with Crippen molar-refractivity contribution < 1.29 is 22.0 Å². The van der Waals surface area contributed by atoms with Crippen LogP contribution in [-0.4, -0.2) is 68.2 Å². The average Bonchev–Trinajstić information content (AvgIpc) is 3.19. The molecule has 0 spiro atoms. The fraction of sp³-hybridized carbons (Fsp3) is 0.393. The van der Waals surface area contributed by atoms with Gasteiger partial charge in [-0.2, -0.15) is 0 Å². The first kappa shape index (κ1) is 28.4. The van der Waals surface area contributed by atoms with Crippen LogP contribution in [0.25, 0.3) is 10.9 Å². The van der Waals surface area contributed by atoms with Crippen LogP contribution in [0.2, 0.25) is 0 Å². The van der Waals surface area contributed by atoms with Crippen molar-refractivity contribution >= 4 is 38.0 Å². The molecule has 1 amide bonds. The number of carbonyl (C=O) groups excluding carboxylic acids is 1. The average molecular weight is 558 g/mol. The lowest BCUT2D eigenvalue weighted by atomic mass is 10.0. The summed E-state index contributed by atoms with van der Waals surface area (Å²) in [6, 6.07) is 14.0. The zero-order valence-electron chi connectivity index (χ0n) is 22.0. The van der Waals surface area contributed by atoms with Gasteiger partial charge in [-0.25, -0.2) is 17.2 Å². The van der Waals surface area contributed by atoms with Gasteiger partial charge >= 0.3 is 0 Å². The van der Waals surface area contributed by atoms with Gasteiger partial charge in [0, 0.05) is 49.1 Å². The molecule has 39 heavy (non-hydrogen) atoms. The van der Waals surface area contributed by atoms with Crippen molar-refractivity contribution in [1.29, 1.82) is 0 Å². The summed E-state index contributed by atoms with van der Waals surface area (Å²) in [5.41, 5.74) is 8.01. The van der Waals surface area contributed by atoms with E-state index in [1.807, 2.05) is 29.2 Å². The maximum absolute atomic E-state index is 14.1. The van der Waals surface area contributed by atoms with Crippen LogP contribution in [0, 0.1) is 11.8 Å². The predicted molar refractivity (Wildman–Crippen MR) is 150 cm³/mol. The molecule has 1 fully saturated rings. The van der Waals surface area contributed by atoms with E-state index in [1.54, 1.807) is 16.7 Å². The van der Waals surface area contributed by atoms with Crippen molar-refractivity contribution in [2.75, 3.05) is 43.1 Å². The van der Waals surface area contributed by atoms with E-state index >= 15 is 0 Å². The van der Waals surface area contributed by atoms with Crippen LogP contribution in [-0.2, 0) is 21.2 Å². The highest BCUT2D eigenvalue weighted by Crippen LogP contribution is 2.31. The molecular weight excluding hydrogens is 524 g/mol. The van der Waals surface area contributed by atoms with Gasteiger partial charge in [-0.15, -0.1) is 0 Å². The number of halogens is 2. The first-order chi connectivity index (χ1) is 18.4. The molecule has 4 rings (SSSR count). The van der Waals surface area contributed by atoms with Crippen molar-refractivity contribution in [3.8, 4) is 11.8 Å². The fourth-order valence-electron chi connectivity index (χ4n) is 4.74. The molecule has 2 heterocycles. The highest BCUT2D eigenvalue weighted by molar-refractivity contribution is 7.90. The molecule has 0 radical (unpaired) electrons. The molecule has 4 N–H and O–H groups in total. The molecule has 0 unspecified atom stereocenters. The van der Waals surface area contributed by atoms with Crippen molar-refractivity contribution in [3.05, 3.63) is 54.2 Å². The number of aromatic nitrogens is 1. The number of fused-ring (bicyclic) bond motifs is 1. The Labute approximate surface area is 227 Å². The quantitative estimate of drug-likeness (QED) is 0.348. The van der Waals surface area contributed by atoms with Crippen LogP contribution in [0.4, 0.5) is 20.2 Å². The van der Waals surface area contributed by atoms with Gasteiger partial charge in [-0.05, 0) is 61.2 Å². The number of hydrogen-bond donors (Lipinski definition) is 3. The lowest BCUT2D eigenvalue weighted by molar-refractivity contribution is -0.119. The number of rotatable bonds is 9. The Bertz CT molecular complexity index is 1490. The number of hydrogen-bond acceptors (Lipinski definition) is 6. The Morgan fingerprint density at radius 2 is 1.85 bits per heavy atom. The van der Waals surface area contributed by atoms with Crippen LogP contribution in [0.5, 0.6) is 0 Å². The molecule has 0 atom stereocenters. The monoisotopic (exact) mass is 557 g/mol. The molecule has 1 aliphatic rings. The van der Waals surface area contributed by atoms with E-state index in [2.05, 4.69) is 22.5 Å². The first-order valence-corrected chi connectivity index (χ1v) is 14.6. The number of nitrogens with two attached hydrogens (primary N) is 1. The van der Waals surface area contributed by atoms with Crippen molar-refractivity contribution in [3.63, 3.8) is 0 Å². The normalized spacial score (nSPS) is 15.1. The van der Waals surface area contributed by atoms with E-state index in [0.717, 1.165) is 50.2 Å². The number of amides is 1. The summed E-state index contributed by atoms with van der Waals surface area (Å²) in [5.74, 6) is 2.75. The summed E-state index contributed by atoms with van der Waals surface area (Å²) >= 11 is 0. The van der Waals surface area contributed by atoms with Gasteiger partial charge < -0.3 is 20.9 Å². The van der Waals surface area contributed by atoms with Gasteiger partial charge in [0.25, 0.3) is 5.92 Å². The van der Waals surface area contributed by atoms with E-state index in [0.29, 0.717) is 16.9 Å². The summed E-state index contributed by atoms with van der Waals surface area (Å²) in [6.07, 6.45) is 2.82. The molecule has 2 aromatic carbocycles. The molecule has 3 aromatic rings. The van der Waals surface area contributed by atoms with E-state index in [-0.39, 0.29) is 29.9 Å². The summed E-state index contributed by atoms with van der Waals surface area (Å²) in [5, 5.41) is 7.48. The lowest BCUT2D eigenvalue weighted by Crippen LogP contribution is -2.42. The van der Waals surface area contributed by atoms with Gasteiger partial charge in [0.15, 0.2) is 9.84 Å². The fourth-order valence-corrected chi connectivity index (χ4v) is 5.37. The van der Waals surface area contributed by atoms with Gasteiger partial charge in [0.1, 0.15) is 0 Å². The van der Waals surface area contributed by atoms with Gasteiger partial charge in [0.05, 0.1) is 35.7 Å². The molecule has 208 valence electrons. The Hall–Kier alpha value is -3.62. The summed E-state index contributed by atoms with van der Waals surface area (Å²) < 4.78 is 53.1. The second-order valence-corrected chi connectivity index (χ2v) is 12.1. The zero-order chi connectivity index (χ0) is 28.2. The number of anilines is 2. The first-order valence-electron chi connectivity index (χ1n) is 12.7. The lowest BCUT2D eigenvalue weighted by Gasteiger charge is -2.32. The van der Waals surface area contributed by atoms with E-state index in [9.17, 15) is 22.0 Å². The van der Waals surface area contributed by atoms with Crippen LogP contribution in [0.3, 0.4) is 0 Å². The second kappa shape index (κ2) is 11.6. The van der Waals surface area contributed by atoms with Crippen LogP contribution in [0.15, 0.2) is 53.4 Å². The second-order valence-electron chi connectivity index (χ2n) is 10.0. The minimum Gasteiger partial charge on any atom is -0.382 e. The van der Waals surface area contributed by atoms with E-state index in [4.69, 9.17) is 5.73 Å². The molecule has 1 saturated heterocycles. The number of carbonyl (C=O) groups is 1. The molecular formula is C28H33F2N5O3S. The smallest absolute Gasteiger partial charge is 0.262 e. The number of piperidine rings is 1. The number of nitrogens with zero attached hydrogens (tertiary/aromatic N) is 2. The number of benzene rings is 2. The Morgan fingerprint density at radius 3 is 2.46 bits per heavy atom. The van der Waals surface area contributed by atoms with Crippen molar-refractivity contribution in [1.82, 2.24) is 9.47 Å². The SMILES string of the molecule is CC(F)(F)Cn1c(C#CCNc2ccc(S(C)(=O)=O)cc2)cc2c(NC3CCN(CC(N)=O)CC3)cccc21. The van der Waals surface area contributed by atoms with Crippen LogP contribution in [0.1, 0.15) is 25.5 Å². The predicted octanol–water partition coefficient (Wildman–Crippen LogP) is 3.53. The Kier molecular flexibility index (Phi) is 8.47. The van der Waals surface area contributed by atoms with Gasteiger partial charge in [0.2, 0.25) is 5.91 Å².